The molecule has 2 saturated heterocycles. The van der Waals surface area contributed by atoms with E-state index in [1.165, 1.54) is 17.4 Å². The van der Waals surface area contributed by atoms with Gasteiger partial charge < -0.3 is 39.4 Å². The fourth-order valence-corrected chi connectivity index (χ4v) is 9.87. The minimum absolute atomic E-state index is 0.0421. The van der Waals surface area contributed by atoms with Gasteiger partial charge in [-0.3, -0.25) is 24.1 Å². The van der Waals surface area contributed by atoms with Gasteiger partial charge in [-0.2, -0.15) is 18.4 Å². The number of aryl methyl sites for hydroxylation is 1. The van der Waals surface area contributed by atoms with Gasteiger partial charge in [-0.1, -0.05) is 69.3 Å². The second kappa shape index (κ2) is 21.5. The highest BCUT2D eigenvalue weighted by Gasteiger charge is 2.59. The first-order valence-corrected chi connectivity index (χ1v) is 24.5. The smallest absolute Gasteiger partial charge is 0.417 e. The molecule has 4 aromatic carbocycles. The molecule has 0 radical (unpaired) electrons. The highest BCUT2D eigenvalue weighted by atomic mass is 32.1. The molecule has 5 aromatic rings. The molecule has 15 nitrogen and oxygen atoms in total. The number of thiocarbonyl (C=S) groups is 1. The number of nitrogens with zero attached hydrogens (tertiary/aromatic N) is 5. The van der Waals surface area contributed by atoms with Crippen LogP contribution in [0.25, 0.3) is 22.5 Å². The first-order valence-electron chi connectivity index (χ1n) is 24.1. The Kier molecular flexibility index (Phi) is 15.4. The average Bonchev–Trinajstić information content (AvgIpc) is 4.04. The minimum atomic E-state index is -4.79. The molecular weight excluding hydrogens is 964 g/mol. The van der Waals surface area contributed by atoms with Crippen LogP contribution in [-0.4, -0.2) is 93.8 Å². The molecule has 19 heteroatoms. The van der Waals surface area contributed by atoms with Crippen LogP contribution in [0.5, 0.6) is 5.75 Å². The van der Waals surface area contributed by atoms with Crippen LogP contribution in [-0.2, 0) is 36.6 Å². The molecule has 0 bridgehead atoms. The number of carbonyl (C=O) groups is 4. The third-order valence-electron chi connectivity index (χ3n) is 13.5. The van der Waals surface area contributed by atoms with Crippen molar-refractivity contribution in [2.45, 2.75) is 103 Å². The summed E-state index contributed by atoms with van der Waals surface area (Å²) < 4.78 is 58.6. The van der Waals surface area contributed by atoms with Gasteiger partial charge in [0.1, 0.15) is 30.0 Å². The average molecular weight is 1020 g/mol. The van der Waals surface area contributed by atoms with Crippen molar-refractivity contribution < 1.29 is 51.3 Å². The number of ether oxygens (including phenoxy) is 2. The van der Waals surface area contributed by atoms with Gasteiger partial charge in [0.25, 0.3) is 5.91 Å². The van der Waals surface area contributed by atoms with Gasteiger partial charge >= 0.3 is 6.18 Å². The molecule has 4 amide bonds. The van der Waals surface area contributed by atoms with E-state index < -0.39 is 70.1 Å². The number of alkyl halides is 3. The number of likely N-dealkylation sites (tertiary alicyclic amines) is 1. The molecule has 1 saturated carbocycles. The number of aromatic nitrogens is 1. The van der Waals surface area contributed by atoms with E-state index in [1.54, 1.807) is 11.0 Å². The van der Waals surface area contributed by atoms with Crippen molar-refractivity contribution in [2.24, 2.45) is 5.41 Å². The Morgan fingerprint density at radius 3 is 2.19 bits per heavy atom. The van der Waals surface area contributed by atoms with Crippen LogP contribution in [0.1, 0.15) is 81.7 Å². The van der Waals surface area contributed by atoms with Crippen molar-refractivity contribution in [3.63, 3.8) is 0 Å². The van der Waals surface area contributed by atoms with E-state index in [-0.39, 0.29) is 43.5 Å². The number of aliphatic hydroxyl groups excluding tert-OH is 1. The lowest BCUT2D eigenvalue weighted by Gasteiger charge is -2.43. The zero-order valence-corrected chi connectivity index (χ0v) is 41.6. The molecule has 2 unspecified atom stereocenters. The summed E-state index contributed by atoms with van der Waals surface area (Å²) in [5.41, 5.74) is 1.41. The van der Waals surface area contributed by atoms with Gasteiger partial charge in [-0.05, 0) is 116 Å². The van der Waals surface area contributed by atoms with Gasteiger partial charge in [0.05, 0.1) is 41.3 Å². The molecular formula is C54H56F3N7O8S. The number of oxazole rings is 1. The third-order valence-corrected chi connectivity index (χ3v) is 13.9. The Morgan fingerprint density at radius 2 is 1.59 bits per heavy atom. The normalized spacial score (nSPS) is 17.9. The molecule has 3 fully saturated rings. The van der Waals surface area contributed by atoms with E-state index in [2.05, 4.69) is 15.6 Å². The number of benzene rings is 4. The molecule has 3 atom stereocenters. The molecule has 3 heterocycles. The molecule has 1 aromatic heterocycles. The number of hydrogen-bond acceptors (Lipinski definition) is 11. The topological polar surface area (TPSA) is 191 Å². The first kappa shape index (κ1) is 52.2. The molecule has 1 spiro atoms. The summed E-state index contributed by atoms with van der Waals surface area (Å²) in [5.74, 6) is -0.446. The molecule has 3 N–H and O–H groups in total. The number of anilines is 2. The summed E-state index contributed by atoms with van der Waals surface area (Å²) in [6.45, 7) is 7.84. The minimum Gasteiger partial charge on any atom is -0.494 e. The molecule has 2 aliphatic heterocycles. The number of nitriles is 1. The number of β-amino-alcohol motifs (C(OH)–C–C–N with tert-alkyl or cyclic N) is 1. The maximum atomic E-state index is 14.0. The van der Waals surface area contributed by atoms with E-state index in [0.29, 0.717) is 49.5 Å². The zero-order valence-electron chi connectivity index (χ0n) is 40.8. The first-order chi connectivity index (χ1) is 34.8. The molecule has 382 valence electrons. The number of amides is 4. The number of unbranched alkanes of at least 4 members (excludes halogenated alkanes) is 1. The Morgan fingerprint density at radius 1 is 0.945 bits per heavy atom. The Bertz CT molecular complexity index is 2890. The Labute approximate surface area is 426 Å². The maximum Gasteiger partial charge on any atom is 0.417 e. The quantitative estimate of drug-likeness (QED) is 0.0598. The summed E-state index contributed by atoms with van der Waals surface area (Å²) >= 11 is 5.77. The fraction of sp³-hybridized carbons (Fsp3) is 0.389. The SMILES string of the molecule is Cc1ncoc1-c1ccc(CNC(=O)C2CC(O)CN2C(=O)[C@@H](NC(=O)COCCCCOc2ccc(-c3ccc(N4C(=S)N(c5ccc(C#N)c(C(F)(F)F)c5)C(=O)C45CCC5)cc3)cc2)C(C)(C)C)cc1. The van der Waals surface area contributed by atoms with Crippen LogP contribution in [0.2, 0.25) is 0 Å². The van der Waals surface area contributed by atoms with Gasteiger partial charge in [-0.25, -0.2) is 4.98 Å². The van der Waals surface area contributed by atoms with Crippen molar-refractivity contribution in [3.8, 4) is 34.3 Å². The Hall–Kier alpha value is -7.14. The van der Waals surface area contributed by atoms with Crippen molar-refractivity contribution in [1.82, 2.24) is 20.5 Å². The highest BCUT2D eigenvalue weighted by Crippen LogP contribution is 2.48. The molecule has 3 aliphatic rings. The van der Waals surface area contributed by atoms with E-state index in [4.69, 9.17) is 26.1 Å². The number of halogens is 3. The zero-order chi connectivity index (χ0) is 52.2. The summed E-state index contributed by atoms with van der Waals surface area (Å²) in [7, 11) is 0. The van der Waals surface area contributed by atoms with E-state index >= 15 is 0 Å². The van der Waals surface area contributed by atoms with Crippen LogP contribution in [0.3, 0.4) is 0 Å². The summed E-state index contributed by atoms with van der Waals surface area (Å²) in [4.78, 5) is 62.8. The van der Waals surface area contributed by atoms with Crippen LogP contribution in [0.15, 0.2) is 102 Å². The second-order valence-electron chi connectivity index (χ2n) is 19.6. The fourth-order valence-electron chi connectivity index (χ4n) is 9.40. The summed E-state index contributed by atoms with van der Waals surface area (Å²) in [6, 6.07) is 25.3. The van der Waals surface area contributed by atoms with Gasteiger partial charge in [-0.15, -0.1) is 0 Å². The van der Waals surface area contributed by atoms with Gasteiger partial charge in [0, 0.05) is 37.4 Å². The predicted octanol–water partition coefficient (Wildman–Crippen LogP) is 8.25. The van der Waals surface area contributed by atoms with Crippen LogP contribution < -0.4 is 25.2 Å². The van der Waals surface area contributed by atoms with Crippen LogP contribution in [0, 0.1) is 23.7 Å². The van der Waals surface area contributed by atoms with E-state index in [1.807, 2.05) is 100 Å². The second-order valence-corrected chi connectivity index (χ2v) is 20.0. The van der Waals surface area contributed by atoms with Crippen molar-refractivity contribution in [1.29, 1.82) is 5.26 Å². The highest BCUT2D eigenvalue weighted by molar-refractivity contribution is 7.81. The number of rotatable bonds is 17. The number of carbonyl (C=O) groups excluding carboxylic acids is 4. The standard InChI is InChI=1S/C54H56F3N7O8S/c1-33-46(72-32-60-33)37-10-8-34(9-11-37)29-59-48(67)44-27-41(65)30-62(44)49(68)47(52(2,3)4)61-45(66)31-70-24-5-6-25-71-42-20-15-36(16-21-42)35-12-17-39(18-13-35)64-51(73)63(50(69)53(64)22-7-23-53)40-19-14-38(28-58)43(26-40)54(55,56)57/h8-21,26,32,41,44,47,65H,5-7,22-25,27,29-31H2,1-4H3,(H,59,67)(H,61,66)/t41?,44?,47-/m1/s1. The monoisotopic (exact) mass is 1020 g/mol. The van der Waals surface area contributed by atoms with Crippen molar-refractivity contribution >= 4 is 52.3 Å². The van der Waals surface area contributed by atoms with E-state index in [9.17, 15) is 42.7 Å². The lowest BCUT2D eigenvalue weighted by atomic mass is 9.75. The summed E-state index contributed by atoms with van der Waals surface area (Å²) in [6.07, 6.45) is -1.28. The lowest BCUT2D eigenvalue weighted by molar-refractivity contribution is -0.144. The third kappa shape index (κ3) is 11.3. The maximum absolute atomic E-state index is 14.0. The number of aliphatic hydroxyl groups is 1. The molecule has 1 aliphatic carbocycles. The van der Waals surface area contributed by atoms with Gasteiger partial charge in [0.15, 0.2) is 17.3 Å². The molecule has 8 rings (SSSR count). The number of nitrogens with one attached hydrogen (secondary N) is 2. The van der Waals surface area contributed by atoms with Gasteiger partial charge in [0.2, 0.25) is 17.7 Å². The van der Waals surface area contributed by atoms with Crippen LogP contribution >= 0.6 is 12.2 Å². The molecule has 73 heavy (non-hydrogen) atoms. The largest absolute Gasteiger partial charge is 0.494 e. The number of hydrogen-bond donors (Lipinski definition) is 3. The van der Waals surface area contributed by atoms with Crippen molar-refractivity contribution in [3.05, 3.63) is 120 Å². The van der Waals surface area contributed by atoms with Crippen molar-refractivity contribution in [2.75, 3.05) is 36.2 Å². The predicted molar refractivity (Wildman–Crippen MR) is 269 cm³/mol. The van der Waals surface area contributed by atoms with Crippen LogP contribution in [0.4, 0.5) is 24.5 Å². The Balaban J connectivity index is 0.773. The summed E-state index contributed by atoms with van der Waals surface area (Å²) in [5, 5.41) is 25.6. The lowest BCUT2D eigenvalue weighted by Crippen LogP contribution is -2.58. The van der Waals surface area contributed by atoms with E-state index in [0.717, 1.165) is 51.4 Å².